The molecule has 1 aliphatic carbocycles. The van der Waals surface area contributed by atoms with E-state index in [1.807, 2.05) is 47.5 Å². The van der Waals surface area contributed by atoms with Crippen LogP contribution in [0.1, 0.15) is 30.4 Å². The minimum Gasteiger partial charge on any atom is -0.493 e. The van der Waals surface area contributed by atoms with Crippen molar-refractivity contribution in [2.45, 2.75) is 32.2 Å². The normalized spacial score (nSPS) is 12.9. The van der Waals surface area contributed by atoms with Gasteiger partial charge in [-0.2, -0.15) is 0 Å². The van der Waals surface area contributed by atoms with Crippen molar-refractivity contribution < 1.29 is 23.8 Å². The number of aromatic nitrogens is 1. The van der Waals surface area contributed by atoms with Gasteiger partial charge in [-0.15, -0.1) is 0 Å². The van der Waals surface area contributed by atoms with Crippen LogP contribution in [0.15, 0.2) is 48.7 Å². The summed E-state index contributed by atoms with van der Waals surface area (Å²) in [5.74, 6) is 1.32. The summed E-state index contributed by atoms with van der Waals surface area (Å²) in [5.41, 5.74) is 3.17. The number of rotatable bonds is 14. The smallest absolute Gasteiger partial charge is 0.242 e. The molecule has 0 bridgehead atoms. The third kappa shape index (κ3) is 6.83. The number of H-pyrrole nitrogens is 1. The van der Waals surface area contributed by atoms with E-state index in [9.17, 15) is 9.59 Å². The third-order valence-corrected chi connectivity index (χ3v) is 6.84. The molecule has 8 heteroatoms. The van der Waals surface area contributed by atoms with Crippen LogP contribution in [0.4, 0.5) is 0 Å². The van der Waals surface area contributed by atoms with E-state index < -0.39 is 0 Å². The molecule has 0 atom stereocenters. The summed E-state index contributed by atoms with van der Waals surface area (Å²) in [7, 11) is 4.85. The molecule has 1 aromatic heterocycles. The first-order valence-electron chi connectivity index (χ1n) is 12.9. The maximum absolute atomic E-state index is 13.7. The Hall–Kier alpha value is -3.52. The van der Waals surface area contributed by atoms with Gasteiger partial charge in [-0.05, 0) is 55.0 Å². The van der Waals surface area contributed by atoms with Crippen LogP contribution in [-0.2, 0) is 27.3 Å². The Morgan fingerprint density at radius 1 is 0.973 bits per heavy atom. The first-order chi connectivity index (χ1) is 18.0. The van der Waals surface area contributed by atoms with Gasteiger partial charge in [-0.3, -0.25) is 9.59 Å². The minimum atomic E-state index is -0.0685. The zero-order valence-corrected chi connectivity index (χ0v) is 22.0. The van der Waals surface area contributed by atoms with Crippen LogP contribution in [0.2, 0.25) is 0 Å². The van der Waals surface area contributed by atoms with Gasteiger partial charge in [0.2, 0.25) is 11.8 Å². The number of nitrogens with zero attached hydrogens (tertiary/aromatic N) is 2. The van der Waals surface area contributed by atoms with Crippen molar-refractivity contribution in [2.75, 3.05) is 47.6 Å². The Morgan fingerprint density at radius 3 is 2.49 bits per heavy atom. The fraction of sp³-hybridized carbons (Fsp3) is 0.448. The highest BCUT2D eigenvalue weighted by molar-refractivity contribution is 5.87. The van der Waals surface area contributed by atoms with Crippen molar-refractivity contribution in [3.63, 3.8) is 0 Å². The maximum atomic E-state index is 13.7. The Bertz CT molecular complexity index is 1200. The molecule has 3 aromatic rings. The molecule has 1 aliphatic rings. The largest absolute Gasteiger partial charge is 0.493 e. The number of amides is 2. The molecular formula is C29H37N3O5. The Kier molecular flexibility index (Phi) is 9.06. The number of hydrogen-bond donors (Lipinski definition) is 1. The standard InChI is InChI=1S/C29H37N3O5/c1-35-16-6-14-32(29(34)22-10-11-22)20-28(33)31(19-21-9-12-26(36-2)27(17-21)37-3)15-13-23-18-30-25-8-5-4-7-24(23)25/h4-5,7-9,12,17-18,22,30H,6,10-11,13-16,19-20H2,1-3H3. The van der Waals surface area contributed by atoms with Crippen molar-refractivity contribution in [1.82, 2.24) is 14.8 Å². The molecule has 8 nitrogen and oxygen atoms in total. The zero-order chi connectivity index (χ0) is 26.2. The minimum absolute atomic E-state index is 0.0564. The van der Waals surface area contributed by atoms with Gasteiger partial charge in [-0.1, -0.05) is 24.3 Å². The summed E-state index contributed by atoms with van der Waals surface area (Å²) in [6.45, 7) is 2.07. The summed E-state index contributed by atoms with van der Waals surface area (Å²) in [6, 6.07) is 13.9. The van der Waals surface area contributed by atoms with Crippen LogP contribution in [0.5, 0.6) is 11.5 Å². The monoisotopic (exact) mass is 507 g/mol. The van der Waals surface area contributed by atoms with Gasteiger partial charge in [-0.25, -0.2) is 0 Å². The molecule has 0 saturated heterocycles. The number of carbonyl (C=O) groups is 2. The number of ether oxygens (including phenoxy) is 3. The third-order valence-electron chi connectivity index (χ3n) is 6.84. The van der Waals surface area contributed by atoms with Gasteiger partial charge in [0.1, 0.15) is 0 Å². The second kappa shape index (κ2) is 12.6. The predicted octanol–water partition coefficient (Wildman–Crippen LogP) is 4.03. The first kappa shape index (κ1) is 26.5. The van der Waals surface area contributed by atoms with Gasteiger partial charge in [0, 0.05) is 56.4 Å². The van der Waals surface area contributed by atoms with E-state index in [0.29, 0.717) is 50.6 Å². The Labute approximate surface area is 218 Å². The van der Waals surface area contributed by atoms with Crippen molar-refractivity contribution in [3.8, 4) is 11.5 Å². The summed E-state index contributed by atoms with van der Waals surface area (Å²) in [5, 5.41) is 1.16. The molecule has 1 saturated carbocycles. The van der Waals surface area contributed by atoms with Crippen LogP contribution in [0, 0.1) is 5.92 Å². The van der Waals surface area contributed by atoms with Crippen molar-refractivity contribution in [3.05, 3.63) is 59.8 Å². The lowest BCUT2D eigenvalue weighted by atomic mass is 10.1. The Morgan fingerprint density at radius 2 is 1.76 bits per heavy atom. The summed E-state index contributed by atoms with van der Waals surface area (Å²) in [6.07, 6.45) is 5.22. The summed E-state index contributed by atoms with van der Waals surface area (Å²) in [4.78, 5) is 33.5. The van der Waals surface area contributed by atoms with E-state index in [1.54, 1.807) is 26.2 Å². The SMILES string of the molecule is COCCCN(CC(=O)N(CCc1c[nH]c2ccccc12)Cc1ccc(OC)c(OC)c1)C(=O)C1CC1. The fourth-order valence-corrected chi connectivity index (χ4v) is 4.60. The van der Waals surface area contributed by atoms with Crippen LogP contribution in [0.3, 0.4) is 0 Å². The second-order valence-electron chi connectivity index (χ2n) is 9.49. The molecule has 4 rings (SSSR count). The Balaban J connectivity index is 1.53. The molecule has 2 aromatic carbocycles. The van der Waals surface area contributed by atoms with E-state index in [4.69, 9.17) is 14.2 Å². The van der Waals surface area contributed by atoms with E-state index >= 15 is 0 Å². The molecule has 37 heavy (non-hydrogen) atoms. The van der Waals surface area contributed by atoms with E-state index in [-0.39, 0.29) is 24.3 Å². The summed E-state index contributed by atoms with van der Waals surface area (Å²) < 4.78 is 16.0. The number of hydrogen-bond acceptors (Lipinski definition) is 5. The number of aromatic amines is 1. The average molecular weight is 508 g/mol. The molecule has 198 valence electrons. The fourth-order valence-electron chi connectivity index (χ4n) is 4.60. The van der Waals surface area contributed by atoms with Crippen molar-refractivity contribution in [2.24, 2.45) is 5.92 Å². The number of fused-ring (bicyclic) bond motifs is 1. The van der Waals surface area contributed by atoms with Crippen LogP contribution < -0.4 is 9.47 Å². The highest BCUT2D eigenvalue weighted by atomic mass is 16.5. The molecule has 1 heterocycles. The molecular weight excluding hydrogens is 470 g/mol. The van der Waals surface area contributed by atoms with E-state index in [2.05, 4.69) is 11.1 Å². The maximum Gasteiger partial charge on any atom is 0.242 e. The molecule has 0 spiro atoms. The lowest BCUT2D eigenvalue weighted by Crippen LogP contribution is -2.44. The topological polar surface area (TPSA) is 84.1 Å². The molecule has 0 radical (unpaired) electrons. The molecule has 1 fully saturated rings. The van der Waals surface area contributed by atoms with Gasteiger partial charge in [0.05, 0.1) is 20.8 Å². The van der Waals surface area contributed by atoms with Crippen molar-refractivity contribution in [1.29, 1.82) is 0 Å². The molecule has 2 amide bonds. The second-order valence-corrected chi connectivity index (χ2v) is 9.49. The number of carbonyl (C=O) groups excluding carboxylic acids is 2. The van der Waals surface area contributed by atoms with Gasteiger partial charge < -0.3 is 29.0 Å². The number of methoxy groups -OCH3 is 3. The van der Waals surface area contributed by atoms with Gasteiger partial charge in [0.15, 0.2) is 11.5 Å². The van der Waals surface area contributed by atoms with Crippen LogP contribution in [0.25, 0.3) is 10.9 Å². The molecule has 1 N–H and O–H groups in total. The van der Waals surface area contributed by atoms with Crippen LogP contribution >= 0.6 is 0 Å². The number of benzene rings is 2. The molecule has 0 unspecified atom stereocenters. The van der Waals surface area contributed by atoms with Crippen molar-refractivity contribution >= 4 is 22.7 Å². The molecule has 0 aliphatic heterocycles. The average Bonchev–Trinajstić information content (AvgIpc) is 3.70. The lowest BCUT2D eigenvalue weighted by Gasteiger charge is -2.28. The quantitative estimate of drug-likeness (QED) is 0.333. The van der Waals surface area contributed by atoms with E-state index in [0.717, 1.165) is 34.9 Å². The lowest BCUT2D eigenvalue weighted by molar-refractivity contribution is -0.141. The van der Waals surface area contributed by atoms with E-state index in [1.165, 1.54) is 0 Å². The number of para-hydroxylation sites is 1. The highest BCUT2D eigenvalue weighted by Crippen LogP contribution is 2.31. The van der Waals surface area contributed by atoms with Gasteiger partial charge in [0.25, 0.3) is 0 Å². The highest BCUT2D eigenvalue weighted by Gasteiger charge is 2.34. The zero-order valence-electron chi connectivity index (χ0n) is 22.0. The predicted molar refractivity (Wildman–Crippen MR) is 143 cm³/mol. The van der Waals surface area contributed by atoms with Crippen LogP contribution in [-0.4, -0.2) is 74.2 Å². The first-order valence-corrected chi connectivity index (χ1v) is 12.9. The summed E-state index contributed by atoms with van der Waals surface area (Å²) >= 11 is 0. The van der Waals surface area contributed by atoms with Gasteiger partial charge >= 0.3 is 0 Å². The number of nitrogens with one attached hydrogen (secondary N) is 1.